The molecule has 0 radical (unpaired) electrons. The maximum Gasteiger partial charge on any atom is 0.348 e. The molecular weight excluding hydrogens is 286 g/mol. The lowest BCUT2D eigenvalue weighted by molar-refractivity contribution is -0.122. The molecule has 0 bridgehead atoms. The number of benzene rings is 1. The monoisotopic (exact) mass is 301 g/mol. The van der Waals surface area contributed by atoms with Crippen molar-refractivity contribution in [3.63, 3.8) is 0 Å². The minimum Gasteiger partial charge on any atom is -0.451 e. The third kappa shape index (κ3) is 2.69. The Morgan fingerprint density at radius 3 is 2.86 bits per heavy atom. The maximum absolute atomic E-state index is 12.3. The highest BCUT2D eigenvalue weighted by Crippen LogP contribution is 2.31. The standard InChI is InChI=1S/C16H15NO3S/c1-11-9-12-5-2-3-6-13(12)17(11)15(18)10-20-16(19)14-7-4-8-21-14/h2-8,11H,9-10H2,1H3/t11-/m0/s1. The number of thiophene rings is 1. The van der Waals surface area contributed by atoms with Crippen LogP contribution in [-0.2, 0) is 16.0 Å². The van der Waals surface area contributed by atoms with E-state index in [4.69, 9.17) is 4.74 Å². The van der Waals surface area contributed by atoms with Gasteiger partial charge in [-0.2, -0.15) is 0 Å². The van der Waals surface area contributed by atoms with Gasteiger partial charge in [0.15, 0.2) is 6.61 Å². The van der Waals surface area contributed by atoms with E-state index in [1.807, 2.05) is 31.2 Å². The van der Waals surface area contributed by atoms with Crippen LogP contribution in [0.1, 0.15) is 22.2 Å². The largest absolute Gasteiger partial charge is 0.451 e. The summed E-state index contributed by atoms with van der Waals surface area (Å²) in [4.78, 5) is 26.3. The molecule has 1 aromatic carbocycles. The smallest absolute Gasteiger partial charge is 0.348 e. The van der Waals surface area contributed by atoms with Gasteiger partial charge >= 0.3 is 5.97 Å². The van der Waals surface area contributed by atoms with E-state index in [9.17, 15) is 9.59 Å². The van der Waals surface area contributed by atoms with Crippen LogP contribution >= 0.6 is 11.3 Å². The molecule has 1 amide bonds. The molecule has 1 aliphatic rings. The zero-order valence-electron chi connectivity index (χ0n) is 11.6. The zero-order chi connectivity index (χ0) is 14.8. The molecule has 0 spiro atoms. The van der Waals surface area contributed by atoms with E-state index in [0.717, 1.165) is 17.7 Å². The summed E-state index contributed by atoms with van der Waals surface area (Å²) in [6.07, 6.45) is 0.834. The summed E-state index contributed by atoms with van der Waals surface area (Å²) in [7, 11) is 0. The van der Waals surface area contributed by atoms with E-state index in [0.29, 0.717) is 4.88 Å². The number of anilines is 1. The number of hydrogen-bond acceptors (Lipinski definition) is 4. The Bertz CT molecular complexity index is 666. The highest BCUT2D eigenvalue weighted by molar-refractivity contribution is 7.11. The molecule has 108 valence electrons. The molecule has 1 aromatic heterocycles. The lowest BCUT2D eigenvalue weighted by Crippen LogP contribution is -2.38. The first-order valence-corrected chi connectivity index (χ1v) is 7.65. The second kappa shape index (κ2) is 5.69. The van der Waals surface area contributed by atoms with Crippen molar-refractivity contribution in [2.45, 2.75) is 19.4 Å². The second-order valence-corrected chi connectivity index (χ2v) is 5.95. The number of hydrogen-bond donors (Lipinski definition) is 0. The summed E-state index contributed by atoms with van der Waals surface area (Å²) in [5.74, 6) is -0.629. The summed E-state index contributed by atoms with van der Waals surface area (Å²) in [6, 6.07) is 11.4. The Hall–Kier alpha value is -2.14. The number of carbonyl (C=O) groups is 2. The number of para-hydroxylation sites is 1. The van der Waals surface area contributed by atoms with Crippen LogP contribution in [0.2, 0.25) is 0 Å². The summed E-state index contributed by atoms with van der Waals surface area (Å²) in [5, 5.41) is 1.80. The second-order valence-electron chi connectivity index (χ2n) is 5.00. The first-order valence-electron chi connectivity index (χ1n) is 6.77. The van der Waals surface area contributed by atoms with Crippen LogP contribution in [-0.4, -0.2) is 24.5 Å². The van der Waals surface area contributed by atoms with Crippen molar-refractivity contribution in [1.29, 1.82) is 0 Å². The first kappa shape index (κ1) is 13.8. The van der Waals surface area contributed by atoms with Crippen molar-refractivity contribution < 1.29 is 14.3 Å². The van der Waals surface area contributed by atoms with Crippen molar-refractivity contribution in [1.82, 2.24) is 0 Å². The Balaban J connectivity index is 1.67. The van der Waals surface area contributed by atoms with E-state index in [1.54, 1.807) is 22.4 Å². The number of rotatable bonds is 3. The van der Waals surface area contributed by atoms with Gasteiger partial charge in [-0.1, -0.05) is 24.3 Å². The molecule has 0 saturated heterocycles. The van der Waals surface area contributed by atoms with E-state index in [2.05, 4.69) is 0 Å². The summed E-state index contributed by atoms with van der Waals surface area (Å²) < 4.78 is 5.10. The quantitative estimate of drug-likeness (QED) is 0.819. The van der Waals surface area contributed by atoms with Gasteiger partial charge in [0.2, 0.25) is 0 Å². The highest BCUT2D eigenvalue weighted by Gasteiger charge is 2.31. The minimum absolute atomic E-state index is 0.0929. The van der Waals surface area contributed by atoms with Crippen molar-refractivity contribution in [2.75, 3.05) is 11.5 Å². The number of ether oxygens (including phenoxy) is 1. The van der Waals surface area contributed by atoms with Gasteiger partial charge in [-0.05, 0) is 36.4 Å². The van der Waals surface area contributed by atoms with Crippen molar-refractivity contribution >= 4 is 28.9 Å². The third-order valence-corrected chi connectivity index (χ3v) is 4.37. The molecule has 1 atom stereocenters. The SMILES string of the molecule is C[C@H]1Cc2ccccc2N1C(=O)COC(=O)c1cccs1. The molecule has 0 unspecified atom stereocenters. The molecule has 0 saturated carbocycles. The Morgan fingerprint density at radius 2 is 2.10 bits per heavy atom. The highest BCUT2D eigenvalue weighted by atomic mass is 32.1. The van der Waals surface area contributed by atoms with Crippen LogP contribution in [0, 0.1) is 0 Å². The van der Waals surface area contributed by atoms with Gasteiger partial charge in [0, 0.05) is 11.7 Å². The molecule has 2 aromatic rings. The molecule has 21 heavy (non-hydrogen) atoms. The average molecular weight is 301 g/mol. The number of nitrogens with zero attached hydrogens (tertiary/aromatic N) is 1. The summed E-state index contributed by atoms with van der Waals surface area (Å²) >= 11 is 1.30. The lowest BCUT2D eigenvalue weighted by atomic mass is 10.1. The number of amides is 1. The van der Waals surface area contributed by atoms with Crippen LogP contribution in [0.25, 0.3) is 0 Å². The molecule has 1 aliphatic heterocycles. The molecule has 5 heteroatoms. The number of fused-ring (bicyclic) bond motifs is 1. The van der Waals surface area contributed by atoms with Gasteiger partial charge in [-0.25, -0.2) is 4.79 Å². The molecule has 0 N–H and O–H groups in total. The molecule has 4 nitrogen and oxygen atoms in total. The van der Waals surface area contributed by atoms with Gasteiger partial charge < -0.3 is 9.64 Å². The Morgan fingerprint density at radius 1 is 1.29 bits per heavy atom. The summed E-state index contributed by atoms with van der Waals surface area (Å²) in [5.41, 5.74) is 2.07. The predicted octanol–water partition coefficient (Wildman–Crippen LogP) is 2.88. The third-order valence-electron chi connectivity index (χ3n) is 3.53. The zero-order valence-corrected chi connectivity index (χ0v) is 12.4. The van der Waals surface area contributed by atoms with Gasteiger partial charge in [0.25, 0.3) is 5.91 Å². The molecule has 3 rings (SSSR count). The van der Waals surface area contributed by atoms with E-state index >= 15 is 0 Å². The molecule has 2 heterocycles. The van der Waals surface area contributed by atoms with Crippen molar-refractivity contribution in [3.05, 3.63) is 52.2 Å². The first-order chi connectivity index (χ1) is 10.2. The Kier molecular flexibility index (Phi) is 3.75. The van der Waals surface area contributed by atoms with Crippen molar-refractivity contribution in [2.24, 2.45) is 0 Å². The predicted molar refractivity (Wildman–Crippen MR) is 81.7 cm³/mol. The fourth-order valence-corrected chi connectivity index (χ4v) is 3.22. The van der Waals surface area contributed by atoms with Crippen LogP contribution in [0.15, 0.2) is 41.8 Å². The minimum atomic E-state index is -0.446. The van der Waals surface area contributed by atoms with Gasteiger partial charge in [0.1, 0.15) is 4.88 Å². The topological polar surface area (TPSA) is 46.6 Å². The fraction of sp³-hybridized carbons (Fsp3) is 0.250. The maximum atomic E-state index is 12.3. The normalized spacial score (nSPS) is 16.6. The van der Waals surface area contributed by atoms with E-state index in [1.165, 1.54) is 11.3 Å². The average Bonchev–Trinajstić information content (AvgIpc) is 3.10. The van der Waals surface area contributed by atoms with Gasteiger partial charge in [0.05, 0.1) is 0 Å². The van der Waals surface area contributed by atoms with Crippen LogP contribution in [0.5, 0.6) is 0 Å². The van der Waals surface area contributed by atoms with E-state index in [-0.39, 0.29) is 18.6 Å². The van der Waals surface area contributed by atoms with Gasteiger partial charge in [-0.15, -0.1) is 11.3 Å². The lowest BCUT2D eigenvalue weighted by Gasteiger charge is -2.22. The van der Waals surface area contributed by atoms with Crippen LogP contribution < -0.4 is 4.90 Å². The Labute approximate surface area is 127 Å². The number of carbonyl (C=O) groups excluding carboxylic acids is 2. The van der Waals surface area contributed by atoms with Crippen molar-refractivity contribution in [3.8, 4) is 0 Å². The summed E-state index contributed by atoms with van der Waals surface area (Å²) in [6.45, 7) is 1.77. The van der Waals surface area contributed by atoms with Crippen LogP contribution in [0.3, 0.4) is 0 Å². The molecule has 0 aliphatic carbocycles. The van der Waals surface area contributed by atoms with Crippen LogP contribution in [0.4, 0.5) is 5.69 Å². The van der Waals surface area contributed by atoms with E-state index < -0.39 is 5.97 Å². The molecule has 0 fully saturated rings. The molecular formula is C16H15NO3S. The van der Waals surface area contributed by atoms with Gasteiger partial charge in [-0.3, -0.25) is 4.79 Å². The fourth-order valence-electron chi connectivity index (χ4n) is 2.61. The number of esters is 1.